The molecular formula is C15H16N4. The molecule has 0 radical (unpaired) electrons. The zero-order chi connectivity index (χ0) is 13.4. The quantitative estimate of drug-likeness (QED) is 0.762. The van der Waals surface area contributed by atoms with Gasteiger partial charge >= 0.3 is 0 Å². The summed E-state index contributed by atoms with van der Waals surface area (Å²) in [5.41, 5.74) is 11.9. The Morgan fingerprint density at radius 2 is 2.00 bits per heavy atom. The van der Waals surface area contributed by atoms with Crippen LogP contribution >= 0.6 is 0 Å². The van der Waals surface area contributed by atoms with Gasteiger partial charge in [-0.05, 0) is 25.0 Å². The van der Waals surface area contributed by atoms with Crippen LogP contribution in [0.3, 0.4) is 0 Å². The highest BCUT2D eigenvalue weighted by molar-refractivity contribution is 5.56. The minimum Gasteiger partial charge on any atom is -0.320 e. The number of benzene rings is 1. The number of fused-ring (bicyclic) bond motifs is 1. The Labute approximate surface area is 111 Å². The summed E-state index contributed by atoms with van der Waals surface area (Å²) in [7, 11) is 0. The van der Waals surface area contributed by atoms with Gasteiger partial charge in [0.25, 0.3) is 0 Å². The summed E-state index contributed by atoms with van der Waals surface area (Å²) in [5, 5.41) is 4.31. The third-order valence-corrected chi connectivity index (χ3v) is 3.46. The number of nitrogens with zero attached hydrogens (tertiary/aromatic N) is 3. The minimum atomic E-state index is -0.179. The molecule has 2 heterocycles. The number of aromatic nitrogens is 3. The molecule has 2 N–H and O–H groups in total. The highest BCUT2D eigenvalue weighted by Crippen LogP contribution is 2.26. The second-order valence-electron chi connectivity index (χ2n) is 4.84. The van der Waals surface area contributed by atoms with E-state index in [0.29, 0.717) is 0 Å². The molecule has 0 aliphatic carbocycles. The van der Waals surface area contributed by atoms with E-state index in [9.17, 15) is 0 Å². The highest BCUT2D eigenvalue weighted by Gasteiger charge is 2.16. The summed E-state index contributed by atoms with van der Waals surface area (Å²) in [6, 6.07) is 6.17. The molecule has 1 unspecified atom stereocenters. The first kappa shape index (κ1) is 11.9. The van der Waals surface area contributed by atoms with E-state index in [4.69, 9.17) is 5.73 Å². The van der Waals surface area contributed by atoms with Crippen molar-refractivity contribution in [1.29, 1.82) is 0 Å². The normalized spacial score (nSPS) is 12.8. The smallest absolute Gasteiger partial charge is 0.0896 e. The fourth-order valence-corrected chi connectivity index (χ4v) is 2.35. The van der Waals surface area contributed by atoms with Gasteiger partial charge in [-0.3, -0.25) is 4.98 Å². The van der Waals surface area contributed by atoms with E-state index in [0.717, 1.165) is 16.6 Å². The van der Waals surface area contributed by atoms with Gasteiger partial charge in [-0.2, -0.15) is 5.10 Å². The number of nitrogens with two attached hydrogens (primary N) is 1. The van der Waals surface area contributed by atoms with Crippen molar-refractivity contribution in [3.05, 3.63) is 65.2 Å². The third-order valence-electron chi connectivity index (χ3n) is 3.46. The molecule has 0 saturated heterocycles. The average Bonchev–Trinajstić information content (AvgIpc) is 2.84. The molecule has 0 fully saturated rings. The van der Waals surface area contributed by atoms with Gasteiger partial charge in [0, 0.05) is 18.0 Å². The molecule has 3 aromatic rings. The zero-order valence-electron chi connectivity index (χ0n) is 11.0. The number of rotatable bonds is 2. The van der Waals surface area contributed by atoms with Gasteiger partial charge in [-0.25, -0.2) is 4.52 Å². The first-order valence-corrected chi connectivity index (χ1v) is 6.27. The lowest BCUT2D eigenvalue weighted by Crippen LogP contribution is -2.13. The van der Waals surface area contributed by atoms with E-state index >= 15 is 0 Å². The summed E-state index contributed by atoms with van der Waals surface area (Å²) in [4.78, 5) is 4.15. The maximum atomic E-state index is 6.42. The van der Waals surface area contributed by atoms with E-state index in [-0.39, 0.29) is 6.04 Å². The second-order valence-corrected chi connectivity index (χ2v) is 4.84. The molecule has 1 aromatic carbocycles. The molecule has 4 heteroatoms. The van der Waals surface area contributed by atoms with Crippen LogP contribution in [0.25, 0.3) is 5.52 Å². The Morgan fingerprint density at radius 1 is 1.16 bits per heavy atom. The molecule has 0 spiro atoms. The first-order valence-electron chi connectivity index (χ1n) is 6.27. The molecule has 2 aromatic heterocycles. The standard InChI is InChI=1S/C15H16N4/c1-10-3-4-11(2)12(7-10)15(16)13-8-18-19-6-5-17-9-14(13)19/h3-9,15H,16H2,1-2H3. The van der Waals surface area contributed by atoms with Crippen LogP contribution in [0.4, 0.5) is 0 Å². The number of hydrogen-bond donors (Lipinski definition) is 1. The van der Waals surface area contributed by atoms with Gasteiger partial charge in [0.2, 0.25) is 0 Å². The van der Waals surface area contributed by atoms with E-state index < -0.39 is 0 Å². The fraction of sp³-hybridized carbons (Fsp3) is 0.200. The van der Waals surface area contributed by atoms with Crippen LogP contribution in [-0.4, -0.2) is 14.6 Å². The SMILES string of the molecule is Cc1ccc(C)c(C(N)c2cnn3ccncc23)c1. The molecule has 0 aliphatic rings. The van der Waals surface area contributed by atoms with Crippen molar-refractivity contribution in [2.24, 2.45) is 5.73 Å². The minimum absolute atomic E-state index is 0.179. The van der Waals surface area contributed by atoms with E-state index in [1.54, 1.807) is 16.9 Å². The first-order chi connectivity index (χ1) is 9.16. The van der Waals surface area contributed by atoms with Gasteiger partial charge in [0.1, 0.15) is 0 Å². The predicted molar refractivity (Wildman–Crippen MR) is 74.9 cm³/mol. The number of aryl methyl sites for hydroxylation is 2. The van der Waals surface area contributed by atoms with Crippen LogP contribution in [0.1, 0.15) is 28.3 Å². The maximum Gasteiger partial charge on any atom is 0.0896 e. The van der Waals surface area contributed by atoms with Crippen molar-refractivity contribution in [2.75, 3.05) is 0 Å². The summed E-state index contributed by atoms with van der Waals surface area (Å²) in [6.07, 6.45) is 7.17. The molecule has 0 bridgehead atoms. The van der Waals surface area contributed by atoms with Crippen molar-refractivity contribution < 1.29 is 0 Å². The molecular weight excluding hydrogens is 236 g/mol. The lowest BCUT2D eigenvalue weighted by Gasteiger charge is -2.14. The molecule has 96 valence electrons. The van der Waals surface area contributed by atoms with Crippen LogP contribution in [0.5, 0.6) is 0 Å². The van der Waals surface area contributed by atoms with Crippen LogP contribution in [0, 0.1) is 13.8 Å². The van der Waals surface area contributed by atoms with E-state index in [1.165, 1.54) is 11.1 Å². The monoisotopic (exact) mass is 252 g/mol. The summed E-state index contributed by atoms with van der Waals surface area (Å²) < 4.78 is 1.80. The van der Waals surface area contributed by atoms with Crippen molar-refractivity contribution in [3.8, 4) is 0 Å². The van der Waals surface area contributed by atoms with Crippen LogP contribution in [-0.2, 0) is 0 Å². The summed E-state index contributed by atoms with van der Waals surface area (Å²) >= 11 is 0. The highest BCUT2D eigenvalue weighted by atomic mass is 15.2. The van der Waals surface area contributed by atoms with Crippen molar-refractivity contribution in [1.82, 2.24) is 14.6 Å². The molecule has 0 saturated carbocycles. The van der Waals surface area contributed by atoms with Gasteiger partial charge in [0.05, 0.1) is 24.0 Å². The van der Waals surface area contributed by atoms with E-state index in [1.807, 2.05) is 12.4 Å². The molecule has 1 atom stereocenters. The van der Waals surface area contributed by atoms with Gasteiger partial charge < -0.3 is 5.73 Å². The van der Waals surface area contributed by atoms with Gasteiger partial charge in [-0.1, -0.05) is 23.8 Å². The van der Waals surface area contributed by atoms with Crippen LogP contribution in [0.15, 0.2) is 43.0 Å². The molecule has 3 rings (SSSR count). The molecule has 4 nitrogen and oxygen atoms in total. The van der Waals surface area contributed by atoms with Gasteiger partial charge in [-0.15, -0.1) is 0 Å². The van der Waals surface area contributed by atoms with Crippen molar-refractivity contribution in [3.63, 3.8) is 0 Å². The lowest BCUT2D eigenvalue weighted by molar-refractivity contribution is 0.867. The van der Waals surface area contributed by atoms with Crippen molar-refractivity contribution >= 4 is 5.52 Å². The Morgan fingerprint density at radius 3 is 2.84 bits per heavy atom. The lowest BCUT2D eigenvalue weighted by atomic mass is 9.95. The number of hydrogen-bond acceptors (Lipinski definition) is 3. The topological polar surface area (TPSA) is 56.2 Å². The molecule has 19 heavy (non-hydrogen) atoms. The molecule has 0 aliphatic heterocycles. The average molecular weight is 252 g/mol. The molecule has 0 amide bonds. The third kappa shape index (κ3) is 2.00. The predicted octanol–water partition coefficient (Wildman–Crippen LogP) is 2.39. The van der Waals surface area contributed by atoms with Crippen molar-refractivity contribution in [2.45, 2.75) is 19.9 Å². The summed E-state index contributed by atoms with van der Waals surface area (Å²) in [6.45, 7) is 4.16. The zero-order valence-corrected chi connectivity index (χ0v) is 11.0. The summed E-state index contributed by atoms with van der Waals surface area (Å²) in [5.74, 6) is 0. The van der Waals surface area contributed by atoms with E-state index in [2.05, 4.69) is 42.1 Å². The van der Waals surface area contributed by atoms with Crippen LogP contribution < -0.4 is 5.73 Å². The second kappa shape index (κ2) is 4.48. The van der Waals surface area contributed by atoms with Gasteiger partial charge in [0.15, 0.2) is 0 Å². The largest absolute Gasteiger partial charge is 0.320 e. The Balaban J connectivity index is 2.13. The Kier molecular flexibility index (Phi) is 2.80. The fourth-order valence-electron chi connectivity index (χ4n) is 2.35. The van der Waals surface area contributed by atoms with Crippen LogP contribution in [0.2, 0.25) is 0 Å². The Bertz CT molecular complexity index is 730. The Hall–Kier alpha value is -2.20. The maximum absolute atomic E-state index is 6.42.